The number of fused-ring (bicyclic) bond motifs is 5. The maximum absolute atomic E-state index is 13.8. The first-order valence-corrected chi connectivity index (χ1v) is 12.0. The van der Waals surface area contributed by atoms with Crippen LogP contribution in [0.5, 0.6) is 5.75 Å². The summed E-state index contributed by atoms with van der Waals surface area (Å²) in [6.45, 7) is 1.50. The lowest BCUT2D eigenvalue weighted by atomic mass is 9.85. The van der Waals surface area contributed by atoms with E-state index in [0.29, 0.717) is 16.3 Å². The molecule has 0 spiro atoms. The summed E-state index contributed by atoms with van der Waals surface area (Å²) in [5.74, 6) is -2.70. The van der Waals surface area contributed by atoms with E-state index in [9.17, 15) is 19.2 Å². The molecule has 180 valence electrons. The van der Waals surface area contributed by atoms with Crippen LogP contribution in [0.4, 0.5) is 0 Å². The fourth-order valence-corrected chi connectivity index (χ4v) is 5.92. The van der Waals surface area contributed by atoms with Gasteiger partial charge in [0.2, 0.25) is 0 Å². The number of hydrazine groups is 1. The first-order chi connectivity index (χ1) is 16.7. The van der Waals surface area contributed by atoms with E-state index in [1.807, 2.05) is 12.2 Å². The molecule has 2 aromatic carbocycles. The second-order valence-corrected chi connectivity index (χ2v) is 9.87. The van der Waals surface area contributed by atoms with Gasteiger partial charge in [-0.3, -0.25) is 19.2 Å². The van der Waals surface area contributed by atoms with E-state index in [-0.39, 0.29) is 22.4 Å². The summed E-state index contributed by atoms with van der Waals surface area (Å²) < 4.78 is 5.15. The molecule has 0 radical (unpaired) electrons. The number of ether oxygens (including phenoxy) is 1. The van der Waals surface area contributed by atoms with Crippen molar-refractivity contribution in [1.29, 1.82) is 0 Å². The number of ketones is 1. The van der Waals surface area contributed by atoms with Crippen LogP contribution in [0.2, 0.25) is 10.0 Å². The Hall–Kier alpha value is -3.16. The van der Waals surface area contributed by atoms with E-state index in [1.165, 1.54) is 32.2 Å². The van der Waals surface area contributed by atoms with E-state index in [2.05, 4.69) is 0 Å². The zero-order valence-electron chi connectivity index (χ0n) is 19.0. The number of rotatable bonds is 6. The van der Waals surface area contributed by atoms with Crippen LogP contribution in [0.25, 0.3) is 0 Å². The zero-order valence-corrected chi connectivity index (χ0v) is 20.5. The highest BCUT2D eigenvalue weighted by Crippen LogP contribution is 2.53. The topological polar surface area (TPSA) is 84.0 Å². The Morgan fingerprint density at radius 1 is 1.00 bits per heavy atom. The molecule has 3 aliphatic rings. The number of nitrogens with zero attached hydrogens (tertiary/aromatic N) is 2. The summed E-state index contributed by atoms with van der Waals surface area (Å²) in [6.07, 6.45) is 4.68. The van der Waals surface area contributed by atoms with Gasteiger partial charge in [0, 0.05) is 10.6 Å². The van der Waals surface area contributed by atoms with Crippen molar-refractivity contribution in [2.75, 3.05) is 7.11 Å². The number of hydrogen-bond donors (Lipinski definition) is 0. The van der Waals surface area contributed by atoms with Gasteiger partial charge in [-0.15, -0.1) is 0 Å². The van der Waals surface area contributed by atoms with Crippen molar-refractivity contribution in [3.8, 4) is 5.75 Å². The Morgan fingerprint density at radius 2 is 1.60 bits per heavy atom. The molecule has 2 aromatic rings. The molecule has 5 atom stereocenters. The third-order valence-electron chi connectivity index (χ3n) is 7.15. The smallest absolute Gasteiger partial charge is 0.275 e. The number of allylic oxidation sites excluding steroid dienone is 2. The van der Waals surface area contributed by atoms with Gasteiger partial charge in [-0.05, 0) is 67.6 Å². The molecule has 9 heteroatoms. The van der Waals surface area contributed by atoms with E-state index in [0.717, 1.165) is 16.4 Å². The van der Waals surface area contributed by atoms with Crippen molar-refractivity contribution in [2.45, 2.75) is 19.4 Å². The summed E-state index contributed by atoms with van der Waals surface area (Å²) in [5, 5.41) is 2.22. The molecule has 0 unspecified atom stereocenters. The molecule has 2 aliphatic carbocycles. The number of methoxy groups -OCH3 is 1. The van der Waals surface area contributed by atoms with Gasteiger partial charge in [0.05, 0.1) is 29.5 Å². The molecule has 3 amide bonds. The van der Waals surface area contributed by atoms with Crippen molar-refractivity contribution >= 4 is 46.7 Å². The lowest BCUT2D eigenvalue weighted by Crippen LogP contribution is -2.57. The molecule has 1 heterocycles. The van der Waals surface area contributed by atoms with E-state index < -0.39 is 41.4 Å². The lowest BCUT2D eigenvalue weighted by Gasteiger charge is -2.35. The van der Waals surface area contributed by atoms with Gasteiger partial charge < -0.3 is 4.74 Å². The van der Waals surface area contributed by atoms with Crippen LogP contribution in [-0.4, -0.2) is 46.7 Å². The van der Waals surface area contributed by atoms with Gasteiger partial charge in [-0.1, -0.05) is 35.4 Å². The summed E-state index contributed by atoms with van der Waals surface area (Å²) in [5.41, 5.74) is 0.337. The fourth-order valence-electron chi connectivity index (χ4n) is 5.43. The number of carbonyl (C=O) groups excluding carboxylic acids is 4. The van der Waals surface area contributed by atoms with Crippen molar-refractivity contribution < 1.29 is 23.9 Å². The van der Waals surface area contributed by atoms with Crippen LogP contribution < -0.4 is 4.74 Å². The predicted molar refractivity (Wildman–Crippen MR) is 129 cm³/mol. The van der Waals surface area contributed by atoms with E-state index in [1.54, 1.807) is 24.3 Å². The number of amides is 3. The predicted octanol–water partition coefficient (Wildman–Crippen LogP) is 4.44. The third kappa shape index (κ3) is 3.74. The summed E-state index contributed by atoms with van der Waals surface area (Å²) in [6, 6.07) is 9.54. The molecule has 0 N–H and O–H groups in total. The van der Waals surface area contributed by atoms with Crippen LogP contribution in [0, 0.1) is 23.7 Å². The van der Waals surface area contributed by atoms with Crippen molar-refractivity contribution in [2.24, 2.45) is 23.7 Å². The van der Waals surface area contributed by atoms with Crippen LogP contribution in [0.3, 0.4) is 0 Å². The van der Waals surface area contributed by atoms with Gasteiger partial charge in [0.15, 0.2) is 5.78 Å². The summed E-state index contributed by atoms with van der Waals surface area (Å²) in [4.78, 5) is 54.4. The fraction of sp³-hybridized carbons (Fsp3) is 0.308. The minimum atomic E-state index is -1.17. The van der Waals surface area contributed by atoms with Gasteiger partial charge in [-0.2, -0.15) is 5.01 Å². The van der Waals surface area contributed by atoms with Crippen molar-refractivity contribution in [3.05, 3.63) is 75.8 Å². The Morgan fingerprint density at radius 3 is 2.14 bits per heavy atom. The molecular formula is C26H22Cl2N2O5. The van der Waals surface area contributed by atoms with Gasteiger partial charge in [0.25, 0.3) is 17.7 Å². The highest BCUT2D eigenvalue weighted by Gasteiger charge is 2.61. The highest BCUT2D eigenvalue weighted by atomic mass is 35.5. The summed E-state index contributed by atoms with van der Waals surface area (Å²) in [7, 11) is 1.51. The normalized spacial score (nSPS) is 25.1. The molecule has 2 bridgehead atoms. The largest absolute Gasteiger partial charge is 0.497 e. The van der Waals surface area contributed by atoms with Crippen LogP contribution in [0.15, 0.2) is 54.6 Å². The second-order valence-electron chi connectivity index (χ2n) is 9.03. The molecule has 5 rings (SSSR count). The van der Waals surface area contributed by atoms with E-state index in [4.69, 9.17) is 27.9 Å². The SMILES string of the molecule is COc1ccc(C(=O)[C@H](C)N(C(=O)c2ccc(Cl)cc2Cl)N2C(=O)[C@@H]3[C@@H](C2=O)[C@H]2C=C[C@H]3C2)cc1. The molecule has 1 aliphatic heterocycles. The number of imide groups is 1. The average molecular weight is 513 g/mol. The number of benzene rings is 2. The average Bonchev–Trinajstić information content (AvgIpc) is 3.53. The molecule has 7 nitrogen and oxygen atoms in total. The number of hydrogen-bond acceptors (Lipinski definition) is 5. The first kappa shape index (κ1) is 23.6. The number of halogens is 2. The molecule has 1 saturated carbocycles. The number of carbonyl (C=O) groups is 4. The minimum Gasteiger partial charge on any atom is -0.497 e. The molecule has 35 heavy (non-hydrogen) atoms. The van der Waals surface area contributed by atoms with Gasteiger partial charge >= 0.3 is 0 Å². The third-order valence-corrected chi connectivity index (χ3v) is 7.70. The molecule has 1 saturated heterocycles. The second kappa shape index (κ2) is 8.81. The molecular weight excluding hydrogens is 491 g/mol. The maximum Gasteiger partial charge on any atom is 0.275 e. The quantitative estimate of drug-likeness (QED) is 0.324. The zero-order chi connectivity index (χ0) is 25.0. The van der Waals surface area contributed by atoms with E-state index >= 15 is 0 Å². The Kier molecular flexibility index (Phi) is 5.93. The number of Topliss-reactive ketones (excluding diaryl/α,β-unsaturated/α-hetero) is 1. The Bertz CT molecular complexity index is 1250. The maximum atomic E-state index is 13.8. The Labute approximate surface area is 212 Å². The Balaban J connectivity index is 1.55. The van der Waals surface area contributed by atoms with Gasteiger partial charge in [0.1, 0.15) is 11.8 Å². The molecule has 2 fully saturated rings. The van der Waals surface area contributed by atoms with Crippen molar-refractivity contribution in [1.82, 2.24) is 10.0 Å². The van der Waals surface area contributed by atoms with Crippen LogP contribution >= 0.6 is 23.2 Å². The highest BCUT2D eigenvalue weighted by molar-refractivity contribution is 6.36. The van der Waals surface area contributed by atoms with Gasteiger partial charge in [-0.25, -0.2) is 5.01 Å². The van der Waals surface area contributed by atoms with Crippen LogP contribution in [-0.2, 0) is 9.59 Å². The summed E-state index contributed by atoms with van der Waals surface area (Å²) >= 11 is 12.3. The van der Waals surface area contributed by atoms with Crippen LogP contribution in [0.1, 0.15) is 34.1 Å². The molecule has 0 aromatic heterocycles. The monoisotopic (exact) mass is 512 g/mol. The standard InChI is InChI=1S/C26H22Cl2N2O5/c1-13(23(31)14-5-8-18(35-2)9-6-14)29(24(32)19-10-7-17(27)12-20(19)28)30-25(33)21-15-3-4-16(11-15)22(21)26(30)34/h3-10,12-13,15-16,21-22H,11H2,1-2H3/t13-,15-,16-,21-,22-/m0/s1. The minimum absolute atomic E-state index is 0.0317. The lowest BCUT2D eigenvalue weighted by molar-refractivity contribution is -0.157. The van der Waals surface area contributed by atoms with Crippen molar-refractivity contribution in [3.63, 3.8) is 0 Å². The first-order valence-electron chi connectivity index (χ1n) is 11.3.